The van der Waals surface area contributed by atoms with Crippen molar-refractivity contribution in [2.75, 3.05) is 5.32 Å². The molecule has 15 heavy (non-hydrogen) atoms. The highest BCUT2D eigenvalue weighted by atomic mass is 19.1. The van der Waals surface area contributed by atoms with Gasteiger partial charge < -0.3 is 11.1 Å². The molecule has 0 aromatic heterocycles. The summed E-state index contributed by atoms with van der Waals surface area (Å²) in [5.41, 5.74) is 5.54. The third-order valence-corrected chi connectivity index (χ3v) is 1.51. The van der Waals surface area contributed by atoms with Gasteiger partial charge in [-0.25, -0.2) is 9.18 Å². The molecule has 0 heterocycles. The van der Waals surface area contributed by atoms with Gasteiger partial charge in [0, 0.05) is 0 Å². The fourth-order valence-corrected chi connectivity index (χ4v) is 0.965. The first-order valence-corrected chi connectivity index (χ1v) is 3.96. The number of anilines is 1. The molecule has 3 nitrogen and oxygen atoms in total. The number of benzene rings is 1. The average molecular weight is 202 g/mol. The summed E-state index contributed by atoms with van der Waals surface area (Å²) < 4.78 is 12.8. The Hall–Kier alpha value is -2.46. The Morgan fingerprint density at radius 2 is 2.27 bits per heavy atom. The van der Waals surface area contributed by atoms with Crippen molar-refractivity contribution < 1.29 is 9.18 Å². The Morgan fingerprint density at radius 3 is 2.87 bits per heavy atom. The Morgan fingerprint density at radius 1 is 1.53 bits per heavy atom. The molecule has 0 aliphatic heterocycles. The first kappa shape index (κ1) is 10.6. The van der Waals surface area contributed by atoms with Gasteiger partial charge >= 0.3 is 6.03 Å². The minimum absolute atomic E-state index is 0.284. The van der Waals surface area contributed by atoms with Gasteiger partial charge in [-0.3, -0.25) is 0 Å². The van der Waals surface area contributed by atoms with Gasteiger partial charge in [-0.2, -0.15) is 0 Å². The molecule has 0 bridgehead atoms. The van der Waals surface area contributed by atoms with Crippen molar-refractivity contribution in [3.63, 3.8) is 0 Å². The van der Waals surface area contributed by atoms with Crippen LogP contribution in [-0.2, 0) is 0 Å². The van der Waals surface area contributed by atoms with Crippen LogP contribution in [0.1, 0.15) is 5.56 Å². The highest BCUT2D eigenvalue weighted by Gasteiger charge is 2.03. The van der Waals surface area contributed by atoms with Gasteiger partial charge in [-0.05, 0) is 30.0 Å². The van der Waals surface area contributed by atoms with E-state index >= 15 is 0 Å². The van der Waals surface area contributed by atoms with Crippen LogP contribution < -0.4 is 11.1 Å². The van der Waals surface area contributed by atoms with E-state index in [1.807, 2.05) is 0 Å². The predicted octanol–water partition coefficient (Wildman–Crippen LogP) is 1.30. The van der Waals surface area contributed by atoms with E-state index in [-0.39, 0.29) is 5.56 Å². The zero-order valence-corrected chi connectivity index (χ0v) is 7.67. The van der Waals surface area contributed by atoms with Crippen LogP contribution in [0.2, 0.25) is 0 Å². The van der Waals surface area contributed by atoms with E-state index in [9.17, 15) is 9.18 Å². The van der Waals surface area contributed by atoms with Crippen LogP contribution in [0.5, 0.6) is 0 Å². The summed E-state index contributed by atoms with van der Waals surface area (Å²) in [6, 6.07) is 2.97. The van der Waals surface area contributed by atoms with Gasteiger partial charge in [0.2, 0.25) is 0 Å². The molecule has 4 heteroatoms. The van der Waals surface area contributed by atoms with E-state index in [0.29, 0.717) is 5.69 Å². The van der Waals surface area contributed by atoms with Crippen molar-refractivity contribution in [2.24, 2.45) is 5.73 Å². The molecular formula is C11H7FN2O. The number of rotatable bonds is 1. The zero-order chi connectivity index (χ0) is 11.3. The van der Waals surface area contributed by atoms with Crippen LogP contribution in [-0.4, -0.2) is 6.03 Å². The summed E-state index contributed by atoms with van der Waals surface area (Å²) in [7, 11) is 0. The van der Waals surface area contributed by atoms with Gasteiger partial charge in [-0.15, -0.1) is 6.42 Å². The van der Waals surface area contributed by atoms with Crippen molar-refractivity contribution >= 4 is 11.7 Å². The normalized spacial score (nSPS) is 8.27. The van der Waals surface area contributed by atoms with Crippen LogP contribution >= 0.6 is 0 Å². The van der Waals surface area contributed by atoms with Crippen LogP contribution in [0.25, 0.3) is 0 Å². The first-order chi connectivity index (χ1) is 7.13. The maximum Gasteiger partial charge on any atom is 0.316 e. The molecule has 0 spiro atoms. The number of halogens is 1. The molecule has 0 saturated heterocycles. The van der Waals surface area contributed by atoms with Crippen molar-refractivity contribution in [1.82, 2.24) is 0 Å². The molecule has 0 radical (unpaired) electrons. The van der Waals surface area contributed by atoms with Crippen LogP contribution in [0.4, 0.5) is 14.9 Å². The lowest BCUT2D eigenvalue weighted by Gasteiger charge is -2.04. The van der Waals surface area contributed by atoms with E-state index in [1.165, 1.54) is 12.1 Å². The maximum absolute atomic E-state index is 12.8. The van der Waals surface area contributed by atoms with E-state index in [0.717, 1.165) is 6.07 Å². The smallest absolute Gasteiger partial charge is 0.316 e. The lowest BCUT2D eigenvalue weighted by Crippen LogP contribution is -2.19. The van der Waals surface area contributed by atoms with Crippen LogP contribution in [0, 0.1) is 30.0 Å². The fourth-order valence-electron chi connectivity index (χ4n) is 0.965. The summed E-state index contributed by atoms with van der Waals surface area (Å²) in [6.45, 7) is 0. The first-order valence-electron chi connectivity index (χ1n) is 3.96. The van der Waals surface area contributed by atoms with Gasteiger partial charge in [0.05, 0.1) is 11.3 Å². The van der Waals surface area contributed by atoms with E-state index in [4.69, 9.17) is 12.2 Å². The number of hydrogen-bond acceptors (Lipinski definition) is 1. The number of terminal acetylenes is 1. The summed E-state index contributed by atoms with van der Waals surface area (Å²) in [5.74, 6) is 6.46. The van der Waals surface area contributed by atoms with Crippen LogP contribution in [0.3, 0.4) is 0 Å². The van der Waals surface area contributed by atoms with Crippen LogP contribution in [0.15, 0.2) is 18.2 Å². The third-order valence-electron chi connectivity index (χ3n) is 1.51. The largest absolute Gasteiger partial charge is 0.351 e. The number of nitrogens with two attached hydrogens (primary N) is 1. The predicted molar refractivity (Wildman–Crippen MR) is 55.3 cm³/mol. The molecule has 0 unspecified atom stereocenters. The molecule has 0 fully saturated rings. The Kier molecular flexibility index (Phi) is 3.32. The van der Waals surface area contributed by atoms with Gasteiger partial charge in [0.25, 0.3) is 0 Å². The van der Waals surface area contributed by atoms with Crippen molar-refractivity contribution in [3.8, 4) is 24.2 Å². The van der Waals surface area contributed by atoms with Crippen molar-refractivity contribution in [2.45, 2.75) is 0 Å². The van der Waals surface area contributed by atoms with E-state index < -0.39 is 11.8 Å². The molecule has 3 N–H and O–H groups in total. The average Bonchev–Trinajstić information content (AvgIpc) is 2.18. The lowest BCUT2D eigenvalue weighted by atomic mass is 10.2. The Labute approximate surface area is 86.5 Å². The second-order valence-electron chi connectivity index (χ2n) is 2.57. The molecule has 1 aromatic carbocycles. The van der Waals surface area contributed by atoms with Gasteiger partial charge in [0.1, 0.15) is 5.82 Å². The third kappa shape index (κ3) is 3.06. The number of carbonyl (C=O) groups is 1. The molecule has 0 aliphatic rings. The van der Waals surface area contributed by atoms with Gasteiger partial charge in [-0.1, -0.05) is 5.92 Å². The summed E-state index contributed by atoms with van der Waals surface area (Å²) >= 11 is 0. The Bertz CT molecular complexity index is 492. The lowest BCUT2D eigenvalue weighted by molar-refractivity contribution is 0.259. The minimum Gasteiger partial charge on any atom is -0.351 e. The van der Waals surface area contributed by atoms with Gasteiger partial charge in [0.15, 0.2) is 0 Å². The molecule has 0 atom stereocenters. The molecular weight excluding hydrogens is 195 g/mol. The fraction of sp³-hybridized carbons (Fsp3) is 0. The molecule has 1 rings (SSSR count). The van der Waals surface area contributed by atoms with E-state index in [2.05, 4.69) is 23.1 Å². The number of urea groups is 1. The maximum atomic E-state index is 12.8. The van der Waals surface area contributed by atoms with Crippen molar-refractivity contribution in [1.29, 1.82) is 0 Å². The molecule has 1 aromatic rings. The summed E-state index contributed by atoms with van der Waals surface area (Å²) in [5, 5.41) is 2.31. The number of nitrogens with one attached hydrogen (secondary N) is 1. The molecule has 2 amide bonds. The summed E-state index contributed by atoms with van der Waals surface area (Å²) in [6.07, 6.45) is 4.94. The quantitative estimate of drug-likeness (QED) is 0.662. The number of primary amides is 1. The molecule has 74 valence electrons. The highest BCUT2D eigenvalue weighted by molar-refractivity contribution is 5.89. The zero-order valence-electron chi connectivity index (χ0n) is 7.67. The second kappa shape index (κ2) is 4.69. The highest BCUT2D eigenvalue weighted by Crippen LogP contribution is 2.15. The topological polar surface area (TPSA) is 55.1 Å². The summed E-state index contributed by atoms with van der Waals surface area (Å²) in [4.78, 5) is 10.6. The Balaban J connectivity index is 3.15. The second-order valence-corrected chi connectivity index (χ2v) is 2.57. The van der Waals surface area contributed by atoms with E-state index in [1.54, 1.807) is 0 Å². The number of carbonyl (C=O) groups excluding carboxylic acids is 1. The minimum atomic E-state index is -0.745. The molecule has 0 aliphatic carbocycles. The SMILES string of the molecule is C#CC#Cc1cc(F)ccc1NC(N)=O. The number of amides is 2. The monoisotopic (exact) mass is 202 g/mol. The van der Waals surface area contributed by atoms with Crippen molar-refractivity contribution in [3.05, 3.63) is 29.6 Å². The standard InChI is InChI=1S/C11H7FN2O/c1-2-3-4-8-7-9(12)5-6-10(8)14-11(13)15/h1,5-7H,(H3,13,14,15). The molecule has 0 saturated carbocycles. The number of hydrogen-bond donors (Lipinski definition) is 2.